The average Bonchev–Trinajstić information content (AvgIpc) is 3.23. The number of amides is 1. The summed E-state index contributed by atoms with van der Waals surface area (Å²) in [6.45, 7) is 3.60. The number of aromatic nitrogens is 4. The number of nitrogens with one attached hydrogen (secondary N) is 1. The van der Waals surface area contributed by atoms with Crippen molar-refractivity contribution in [2.75, 3.05) is 5.32 Å². The molecule has 4 heterocycles. The summed E-state index contributed by atoms with van der Waals surface area (Å²) < 4.78 is 13.8. The van der Waals surface area contributed by atoms with E-state index in [2.05, 4.69) is 30.4 Å². The Morgan fingerprint density at radius 3 is 2.76 bits per heavy atom. The molecule has 146 valence electrons. The largest absolute Gasteiger partial charge is 0.450 e. The second-order valence-corrected chi connectivity index (χ2v) is 6.37. The summed E-state index contributed by atoms with van der Waals surface area (Å²) in [5, 5.41) is 15.1. The van der Waals surface area contributed by atoms with Crippen LogP contribution in [0.1, 0.15) is 18.2 Å². The molecule has 4 aromatic heterocycles. The molecule has 0 spiro atoms. The third-order valence-corrected chi connectivity index (χ3v) is 4.57. The first kappa shape index (κ1) is 18.3. The van der Waals surface area contributed by atoms with Gasteiger partial charge in [-0.2, -0.15) is 0 Å². The van der Waals surface area contributed by atoms with Crippen LogP contribution < -0.4 is 5.32 Å². The molecule has 9 nitrogen and oxygen atoms in total. The van der Waals surface area contributed by atoms with Crippen molar-refractivity contribution in [2.24, 2.45) is 5.16 Å². The van der Waals surface area contributed by atoms with E-state index in [1.807, 2.05) is 23.5 Å². The van der Waals surface area contributed by atoms with E-state index in [0.29, 0.717) is 17.1 Å². The van der Waals surface area contributed by atoms with E-state index in [4.69, 9.17) is 5.21 Å². The Morgan fingerprint density at radius 1 is 1.21 bits per heavy atom. The van der Waals surface area contributed by atoms with Crippen molar-refractivity contribution >= 4 is 34.2 Å². The van der Waals surface area contributed by atoms with E-state index in [-0.39, 0.29) is 5.82 Å². The molecule has 0 bridgehead atoms. The summed E-state index contributed by atoms with van der Waals surface area (Å²) in [6.07, 6.45) is 5.44. The van der Waals surface area contributed by atoms with Crippen LogP contribution in [0.3, 0.4) is 0 Å². The molecular formula is C19H15FN6O3. The number of imidazole rings is 1. The summed E-state index contributed by atoms with van der Waals surface area (Å²) in [7, 11) is 0. The molecule has 0 aliphatic carbocycles. The zero-order valence-electron chi connectivity index (χ0n) is 15.4. The molecule has 10 heteroatoms. The lowest BCUT2D eigenvalue weighted by Crippen LogP contribution is -2.10. The van der Waals surface area contributed by atoms with Crippen molar-refractivity contribution in [3.63, 3.8) is 0 Å². The maximum atomic E-state index is 12.0. The van der Waals surface area contributed by atoms with Gasteiger partial charge < -0.3 is 5.21 Å². The molecule has 1 amide bonds. The molecule has 2 N–H and O–H groups in total. The first-order valence-corrected chi connectivity index (χ1v) is 8.53. The van der Waals surface area contributed by atoms with Gasteiger partial charge >= 0.3 is 6.09 Å². The molecule has 0 saturated carbocycles. The fraction of sp³-hybridized carbons (Fsp3) is 0.105. The number of hydrogen-bond donors (Lipinski definition) is 2. The molecule has 0 unspecified atom stereocenters. The lowest BCUT2D eigenvalue weighted by Gasteiger charge is -2.12. The van der Waals surface area contributed by atoms with Gasteiger partial charge in [0.1, 0.15) is 17.2 Å². The van der Waals surface area contributed by atoms with Crippen LogP contribution in [0.4, 0.5) is 15.1 Å². The third-order valence-electron chi connectivity index (χ3n) is 4.57. The lowest BCUT2D eigenvalue weighted by atomic mass is 10.0. The Kier molecular flexibility index (Phi) is 4.51. The van der Waals surface area contributed by atoms with Gasteiger partial charge in [-0.25, -0.2) is 19.7 Å². The third kappa shape index (κ3) is 3.20. The number of pyridine rings is 3. The van der Waals surface area contributed by atoms with Gasteiger partial charge in [-0.3, -0.25) is 14.7 Å². The van der Waals surface area contributed by atoms with Gasteiger partial charge in [-0.05, 0) is 31.5 Å². The minimum Gasteiger partial charge on any atom is -0.411 e. The highest BCUT2D eigenvalue weighted by atomic mass is 19.3. The molecule has 0 aliphatic heterocycles. The second-order valence-electron chi connectivity index (χ2n) is 6.37. The van der Waals surface area contributed by atoms with Crippen molar-refractivity contribution < 1.29 is 19.5 Å². The van der Waals surface area contributed by atoms with Crippen LogP contribution in [0, 0.1) is 6.92 Å². The van der Waals surface area contributed by atoms with E-state index in [9.17, 15) is 9.32 Å². The van der Waals surface area contributed by atoms with Crippen molar-refractivity contribution in [1.82, 2.24) is 19.4 Å². The minimum absolute atomic E-state index is 0.142. The number of nitrogens with zero attached hydrogens (tertiary/aromatic N) is 5. The Hall–Kier alpha value is -4.08. The topological polar surface area (TPSA) is 114 Å². The first-order chi connectivity index (χ1) is 14.0. The summed E-state index contributed by atoms with van der Waals surface area (Å²) >= 11 is 0. The molecule has 0 aliphatic rings. The average molecular weight is 394 g/mol. The van der Waals surface area contributed by atoms with Crippen molar-refractivity contribution in [3.05, 3.63) is 54.2 Å². The first-order valence-electron chi connectivity index (χ1n) is 8.53. The maximum absolute atomic E-state index is 12.0. The minimum atomic E-state index is -1.25. The number of oxime groups is 1. The summed E-state index contributed by atoms with van der Waals surface area (Å²) in [5.74, 6) is 0.142. The highest BCUT2D eigenvalue weighted by molar-refractivity contribution is 5.98. The Bertz CT molecular complexity index is 1280. The highest BCUT2D eigenvalue weighted by Crippen LogP contribution is 2.31. The number of halogens is 1. The van der Waals surface area contributed by atoms with E-state index in [0.717, 1.165) is 27.6 Å². The number of aryl methyl sites for hydroxylation is 1. The standard InChI is InChI=1S/C19H15FN6O3/c1-10-5-15(11(2)25-28)22-9-14(10)13-6-12-8-23-17(24-19(27)29-20)7-16(12)26-4-3-21-18(13)26/h3-9,28H,1-2H3,(H,23,24,27)/b25-11-. The molecule has 4 aromatic rings. The van der Waals surface area contributed by atoms with Gasteiger partial charge in [0.25, 0.3) is 0 Å². The Morgan fingerprint density at radius 2 is 2.03 bits per heavy atom. The lowest BCUT2D eigenvalue weighted by molar-refractivity contribution is -0.0544. The zero-order valence-corrected chi connectivity index (χ0v) is 15.4. The monoisotopic (exact) mass is 394 g/mol. The fourth-order valence-electron chi connectivity index (χ4n) is 3.17. The van der Waals surface area contributed by atoms with Crippen LogP contribution in [0.15, 0.2) is 48.1 Å². The second kappa shape index (κ2) is 7.15. The number of carbonyl (C=O) groups excluding carboxylic acids is 1. The van der Waals surface area contributed by atoms with Gasteiger partial charge in [0.2, 0.25) is 0 Å². The molecule has 4 rings (SSSR count). The van der Waals surface area contributed by atoms with Crippen LogP contribution in [-0.4, -0.2) is 36.4 Å². The van der Waals surface area contributed by atoms with Crippen molar-refractivity contribution in [1.29, 1.82) is 0 Å². The van der Waals surface area contributed by atoms with Crippen LogP contribution >= 0.6 is 0 Å². The smallest absolute Gasteiger partial charge is 0.411 e. The van der Waals surface area contributed by atoms with E-state index < -0.39 is 6.09 Å². The fourth-order valence-corrected chi connectivity index (χ4v) is 3.17. The number of hydrogen-bond acceptors (Lipinski definition) is 7. The van der Waals surface area contributed by atoms with Gasteiger partial charge in [-0.15, -0.1) is 0 Å². The van der Waals surface area contributed by atoms with Gasteiger partial charge in [0.05, 0.1) is 11.2 Å². The van der Waals surface area contributed by atoms with Crippen LogP contribution in [0.2, 0.25) is 0 Å². The number of anilines is 1. The quantitative estimate of drug-likeness (QED) is 0.310. The Balaban J connectivity index is 1.89. The SMILES string of the molecule is C/C(=N/O)c1cc(C)c(-c2cc3cnc(NC(=O)OF)cc3n3ccnc23)cn1. The molecule has 0 atom stereocenters. The van der Waals surface area contributed by atoms with Gasteiger partial charge in [-0.1, -0.05) is 5.16 Å². The normalized spacial score (nSPS) is 11.8. The van der Waals surface area contributed by atoms with Crippen LogP contribution in [0.5, 0.6) is 0 Å². The molecular weight excluding hydrogens is 379 g/mol. The molecule has 0 aromatic carbocycles. The van der Waals surface area contributed by atoms with E-state index in [1.54, 1.807) is 37.8 Å². The summed E-state index contributed by atoms with van der Waals surface area (Å²) in [5.41, 5.74) is 5.01. The van der Waals surface area contributed by atoms with Crippen molar-refractivity contribution in [2.45, 2.75) is 13.8 Å². The van der Waals surface area contributed by atoms with Crippen LogP contribution in [0.25, 0.3) is 27.7 Å². The van der Waals surface area contributed by atoms with Crippen LogP contribution in [-0.2, 0) is 4.94 Å². The van der Waals surface area contributed by atoms with Crippen molar-refractivity contribution in [3.8, 4) is 11.1 Å². The molecule has 0 saturated heterocycles. The van der Waals surface area contributed by atoms with E-state index >= 15 is 0 Å². The predicted molar refractivity (Wildman–Crippen MR) is 104 cm³/mol. The molecule has 0 radical (unpaired) electrons. The number of rotatable bonds is 3. The molecule has 0 fully saturated rings. The highest BCUT2D eigenvalue weighted by Gasteiger charge is 2.15. The number of carbonyl (C=O) groups is 1. The van der Waals surface area contributed by atoms with Gasteiger partial charge in [0, 0.05) is 51.9 Å². The molecule has 29 heavy (non-hydrogen) atoms. The zero-order chi connectivity index (χ0) is 20.5. The van der Waals surface area contributed by atoms with E-state index in [1.165, 1.54) is 0 Å². The summed E-state index contributed by atoms with van der Waals surface area (Å²) in [4.78, 5) is 27.2. The predicted octanol–water partition coefficient (Wildman–Crippen LogP) is 3.88. The summed E-state index contributed by atoms with van der Waals surface area (Å²) in [6, 6.07) is 5.35. The van der Waals surface area contributed by atoms with Gasteiger partial charge in [0.15, 0.2) is 0 Å². The number of fused-ring (bicyclic) bond motifs is 3. The Labute approximate surface area is 163 Å². The maximum Gasteiger partial charge on any atom is 0.450 e.